The Morgan fingerprint density at radius 1 is 1.17 bits per heavy atom. The number of para-hydroxylation sites is 1. The van der Waals surface area contributed by atoms with Gasteiger partial charge in [0.25, 0.3) is 11.2 Å². The Hall–Kier alpha value is -3.22. The molecule has 0 bridgehead atoms. The number of aromatic nitrogens is 2. The Balaban J connectivity index is 1.72. The van der Waals surface area contributed by atoms with Crippen molar-refractivity contribution in [2.45, 2.75) is 6.54 Å². The Bertz CT molecular complexity index is 920. The molecule has 0 aliphatic heterocycles. The van der Waals surface area contributed by atoms with E-state index in [2.05, 4.69) is 4.98 Å². The fraction of sp³-hybridized carbons (Fsp3) is 0.125. The molecule has 0 radical (unpaired) electrons. The van der Waals surface area contributed by atoms with E-state index in [1.165, 1.54) is 23.0 Å². The number of nitrogens with zero attached hydrogens (tertiary/aromatic N) is 3. The average Bonchev–Trinajstić information content (AvgIpc) is 2.57. The van der Waals surface area contributed by atoms with Gasteiger partial charge in [0, 0.05) is 6.07 Å². The zero-order valence-electron chi connectivity index (χ0n) is 12.1. The van der Waals surface area contributed by atoms with Crippen molar-refractivity contribution in [2.24, 2.45) is 0 Å². The molecule has 0 aliphatic rings. The molecule has 0 atom stereocenters. The average molecular weight is 311 g/mol. The molecule has 0 saturated heterocycles. The van der Waals surface area contributed by atoms with Crippen LogP contribution in [-0.4, -0.2) is 21.1 Å². The normalized spacial score (nSPS) is 10.6. The molecule has 7 heteroatoms. The quantitative estimate of drug-likeness (QED) is 0.533. The summed E-state index contributed by atoms with van der Waals surface area (Å²) in [6.07, 6.45) is 1.47. The molecule has 116 valence electrons. The van der Waals surface area contributed by atoms with Crippen molar-refractivity contribution in [2.75, 3.05) is 6.61 Å². The number of benzene rings is 2. The third-order valence-electron chi connectivity index (χ3n) is 3.36. The standard InChI is InChI=1S/C16H13N3O4/c20-16-14-6-1-2-7-15(14)17-11-18(16)8-9-23-13-5-3-4-12(10-13)19(21)22/h1-7,10-11H,8-9H2. The Labute approximate surface area is 130 Å². The van der Waals surface area contributed by atoms with Crippen molar-refractivity contribution in [1.29, 1.82) is 0 Å². The number of ether oxygens (including phenoxy) is 1. The first-order valence-corrected chi connectivity index (χ1v) is 6.96. The van der Waals surface area contributed by atoms with E-state index in [9.17, 15) is 14.9 Å². The smallest absolute Gasteiger partial charge is 0.273 e. The maximum absolute atomic E-state index is 12.3. The molecule has 0 spiro atoms. The summed E-state index contributed by atoms with van der Waals surface area (Å²) in [5.41, 5.74) is 0.471. The van der Waals surface area contributed by atoms with Gasteiger partial charge in [-0.15, -0.1) is 0 Å². The van der Waals surface area contributed by atoms with Gasteiger partial charge in [0.2, 0.25) is 0 Å². The van der Waals surface area contributed by atoms with Crippen LogP contribution < -0.4 is 10.3 Å². The van der Waals surface area contributed by atoms with Gasteiger partial charge in [-0.3, -0.25) is 19.5 Å². The molecule has 2 aromatic carbocycles. The molecule has 0 amide bonds. The van der Waals surface area contributed by atoms with Crippen LogP contribution in [0.1, 0.15) is 0 Å². The molecule has 0 aliphatic carbocycles. The lowest BCUT2D eigenvalue weighted by atomic mass is 10.2. The van der Waals surface area contributed by atoms with Gasteiger partial charge in [-0.1, -0.05) is 18.2 Å². The van der Waals surface area contributed by atoms with Crippen LogP contribution in [0.25, 0.3) is 10.9 Å². The number of non-ortho nitro benzene ring substituents is 1. The van der Waals surface area contributed by atoms with Crippen LogP contribution in [-0.2, 0) is 6.54 Å². The number of hydrogen-bond donors (Lipinski definition) is 0. The van der Waals surface area contributed by atoms with Crippen molar-refractivity contribution in [1.82, 2.24) is 9.55 Å². The van der Waals surface area contributed by atoms with Crippen LogP contribution in [0, 0.1) is 10.1 Å². The summed E-state index contributed by atoms with van der Waals surface area (Å²) in [6, 6.07) is 13.0. The van der Waals surface area contributed by atoms with E-state index in [1.54, 1.807) is 30.3 Å². The second-order valence-corrected chi connectivity index (χ2v) is 4.86. The second-order valence-electron chi connectivity index (χ2n) is 4.86. The van der Waals surface area contributed by atoms with Crippen molar-refractivity contribution in [3.8, 4) is 5.75 Å². The fourth-order valence-electron chi connectivity index (χ4n) is 2.21. The van der Waals surface area contributed by atoms with Gasteiger partial charge in [-0.25, -0.2) is 4.98 Å². The summed E-state index contributed by atoms with van der Waals surface area (Å²) < 4.78 is 6.93. The molecule has 23 heavy (non-hydrogen) atoms. The minimum absolute atomic E-state index is 0.0351. The van der Waals surface area contributed by atoms with Crippen LogP contribution in [0.15, 0.2) is 59.7 Å². The van der Waals surface area contributed by atoms with Gasteiger partial charge in [-0.2, -0.15) is 0 Å². The molecular formula is C16H13N3O4. The highest BCUT2D eigenvalue weighted by atomic mass is 16.6. The lowest BCUT2D eigenvalue weighted by Gasteiger charge is -2.08. The molecule has 1 heterocycles. The highest BCUT2D eigenvalue weighted by Crippen LogP contribution is 2.18. The van der Waals surface area contributed by atoms with Crippen LogP contribution in [0.5, 0.6) is 5.75 Å². The topological polar surface area (TPSA) is 87.3 Å². The van der Waals surface area contributed by atoms with Crippen molar-refractivity contribution >= 4 is 16.6 Å². The minimum Gasteiger partial charge on any atom is -0.491 e. The van der Waals surface area contributed by atoms with Gasteiger partial charge < -0.3 is 4.74 Å². The fourth-order valence-corrected chi connectivity index (χ4v) is 2.21. The highest BCUT2D eigenvalue weighted by Gasteiger charge is 2.07. The molecule has 1 aromatic heterocycles. The summed E-state index contributed by atoms with van der Waals surface area (Å²) in [5.74, 6) is 0.390. The highest BCUT2D eigenvalue weighted by molar-refractivity contribution is 5.76. The molecule has 0 fully saturated rings. The number of hydrogen-bond acceptors (Lipinski definition) is 5. The molecule has 0 saturated carbocycles. The van der Waals surface area contributed by atoms with Crippen molar-refractivity contribution in [3.63, 3.8) is 0 Å². The summed E-state index contributed by atoms with van der Waals surface area (Å²) in [7, 11) is 0. The number of fused-ring (bicyclic) bond motifs is 1. The number of nitro benzene ring substituents is 1. The zero-order valence-corrected chi connectivity index (χ0v) is 12.1. The van der Waals surface area contributed by atoms with Gasteiger partial charge in [0.05, 0.1) is 34.8 Å². The molecule has 3 rings (SSSR count). The SMILES string of the molecule is O=c1c2ccccc2ncn1CCOc1cccc([N+](=O)[O-])c1. The van der Waals surface area contributed by atoms with E-state index >= 15 is 0 Å². The van der Waals surface area contributed by atoms with Crippen LogP contribution >= 0.6 is 0 Å². The third-order valence-corrected chi connectivity index (χ3v) is 3.36. The molecule has 0 unspecified atom stereocenters. The second kappa shape index (κ2) is 6.27. The molecule has 7 nitrogen and oxygen atoms in total. The summed E-state index contributed by atoms with van der Waals surface area (Å²) in [6.45, 7) is 0.514. The van der Waals surface area contributed by atoms with Gasteiger partial charge in [0.1, 0.15) is 12.4 Å². The summed E-state index contributed by atoms with van der Waals surface area (Å²) in [4.78, 5) is 26.7. The Kier molecular flexibility index (Phi) is 4.01. The first-order chi connectivity index (χ1) is 11.1. The van der Waals surface area contributed by atoms with E-state index in [0.717, 1.165) is 0 Å². The van der Waals surface area contributed by atoms with Crippen LogP contribution in [0.2, 0.25) is 0 Å². The lowest BCUT2D eigenvalue weighted by molar-refractivity contribution is -0.384. The maximum atomic E-state index is 12.3. The summed E-state index contributed by atoms with van der Waals surface area (Å²) in [5, 5.41) is 11.3. The first kappa shape index (κ1) is 14.7. The van der Waals surface area contributed by atoms with Gasteiger partial charge in [0.15, 0.2) is 0 Å². The molecule has 0 N–H and O–H groups in total. The third kappa shape index (κ3) is 3.18. The number of nitro groups is 1. The minimum atomic E-state index is -0.482. The summed E-state index contributed by atoms with van der Waals surface area (Å²) >= 11 is 0. The van der Waals surface area contributed by atoms with Gasteiger partial charge in [-0.05, 0) is 18.2 Å². The van der Waals surface area contributed by atoms with Crippen molar-refractivity contribution in [3.05, 3.63) is 75.3 Å². The first-order valence-electron chi connectivity index (χ1n) is 6.96. The van der Waals surface area contributed by atoms with Crippen molar-refractivity contribution < 1.29 is 9.66 Å². The van der Waals surface area contributed by atoms with E-state index in [1.807, 2.05) is 6.07 Å². The molecular weight excluding hydrogens is 298 g/mol. The lowest BCUT2D eigenvalue weighted by Crippen LogP contribution is -2.23. The Morgan fingerprint density at radius 3 is 2.83 bits per heavy atom. The van der Waals surface area contributed by atoms with Gasteiger partial charge >= 0.3 is 0 Å². The van der Waals surface area contributed by atoms with Crippen LogP contribution in [0.4, 0.5) is 5.69 Å². The van der Waals surface area contributed by atoms with E-state index in [0.29, 0.717) is 23.2 Å². The van der Waals surface area contributed by atoms with Crippen LogP contribution in [0.3, 0.4) is 0 Å². The zero-order chi connectivity index (χ0) is 16.2. The van der Waals surface area contributed by atoms with E-state index in [4.69, 9.17) is 4.74 Å². The van der Waals surface area contributed by atoms with E-state index < -0.39 is 4.92 Å². The monoisotopic (exact) mass is 311 g/mol. The predicted octanol–water partition coefficient (Wildman–Crippen LogP) is 2.38. The predicted molar refractivity (Wildman–Crippen MR) is 84.6 cm³/mol. The van der Waals surface area contributed by atoms with E-state index in [-0.39, 0.29) is 17.9 Å². The number of rotatable bonds is 5. The largest absolute Gasteiger partial charge is 0.491 e. The maximum Gasteiger partial charge on any atom is 0.273 e. The molecule has 3 aromatic rings. The Morgan fingerprint density at radius 2 is 2.00 bits per heavy atom.